The average molecular weight is 472 g/mol. The number of aromatic nitrogens is 4. The summed E-state index contributed by atoms with van der Waals surface area (Å²) >= 11 is 0. The topological polar surface area (TPSA) is 106 Å². The van der Waals surface area contributed by atoms with Crippen molar-refractivity contribution in [1.82, 2.24) is 24.6 Å². The molecule has 1 aliphatic carbocycles. The molecule has 8 heteroatoms. The minimum Gasteiger partial charge on any atom is -0.383 e. The molecule has 4 N–H and O–H groups in total. The molecule has 0 radical (unpaired) electrons. The number of nitrogens with two attached hydrogens (primary N) is 1. The van der Waals surface area contributed by atoms with Gasteiger partial charge in [-0.15, -0.1) is 0 Å². The van der Waals surface area contributed by atoms with E-state index in [1.54, 1.807) is 28.6 Å². The lowest BCUT2D eigenvalue weighted by Gasteiger charge is -2.23. The molecule has 8 nitrogen and oxygen atoms in total. The first kappa shape index (κ1) is 23.0. The normalized spacial score (nSPS) is 17.1. The van der Waals surface area contributed by atoms with Gasteiger partial charge in [-0.2, -0.15) is 9.78 Å². The van der Waals surface area contributed by atoms with Crippen LogP contribution in [0.15, 0.2) is 58.6 Å². The van der Waals surface area contributed by atoms with Gasteiger partial charge in [0.15, 0.2) is 0 Å². The van der Waals surface area contributed by atoms with E-state index in [2.05, 4.69) is 53.5 Å². The van der Waals surface area contributed by atoms with Crippen molar-refractivity contribution in [3.63, 3.8) is 0 Å². The minimum atomic E-state index is -0.152. The summed E-state index contributed by atoms with van der Waals surface area (Å²) in [5.41, 5.74) is 12.2. The molecule has 0 fully saturated rings. The summed E-state index contributed by atoms with van der Waals surface area (Å²) in [4.78, 5) is 20.9. The molecule has 5 rings (SSSR count). The van der Waals surface area contributed by atoms with Crippen LogP contribution in [0, 0.1) is 0 Å². The molecule has 0 bridgehead atoms. The van der Waals surface area contributed by atoms with Crippen LogP contribution in [-0.4, -0.2) is 31.3 Å². The van der Waals surface area contributed by atoms with Gasteiger partial charge in [0.1, 0.15) is 5.82 Å². The second-order valence-electron chi connectivity index (χ2n) is 9.80. The molecular weight excluding hydrogens is 438 g/mol. The highest BCUT2D eigenvalue weighted by Gasteiger charge is 2.24. The first-order chi connectivity index (χ1) is 16.8. The third-order valence-corrected chi connectivity index (χ3v) is 7.01. The minimum absolute atomic E-state index is 0.0468. The number of hydrogen-bond donors (Lipinski definition) is 3. The van der Waals surface area contributed by atoms with Gasteiger partial charge in [-0.1, -0.05) is 32.0 Å². The van der Waals surface area contributed by atoms with Gasteiger partial charge in [0.2, 0.25) is 5.96 Å². The van der Waals surface area contributed by atoms with Crippen LogP contribution >= 0.6 is 0 Å². The number of aryl methyl sites for hydroxylation is 2. The molecule has 0 aliphatic heterocycles. The molecule has 3 heterocycles. The number of H-pyrrole nitrogens is 1. The Kier molecular flexibility index (Phi) is 5.96. The number of pyridine rings is 1. The summed E-state index contributed by atoms with van der Waals surface area (Å²) in [5.74, 6) is 1.45. The SMILES string of the molecule is CC(C)c1cnn(C(=N[C@@H]2CCc3[nH]c4ccccc4c3C2)NC(C)c2ccn(C)c(=O)c2)c1N. The summed E-state index contributed by atoms with van der Waals surface area (Å²) in [5, 5.41) is 9.37. The zero-order valence-electron chi connectivity index (χ0n) is 20.7. The maximum Gasteiger partial charge on any atom is 0.250 e. The number of nitrogens with zero attached hydrogens (tertiary/aromatic N) is 4. The molecule has 182 valence electrons. The standard InChI is InChI=1S/C27H33N7O/c1-16(2)22-15-29-34(26(22)28)27(30-17(3)18-11-12-33(4)25(35)13-18)31-19-9-10-24-21(14-19)20-7-5-6-8-23(20)32-24/h5-8,11-13,15-17,19,32H,9-10,14,28H2,1-4H3,(H,30,31)/t17?,19-/m1/s1. The van der Waals surface area contributed by atoms with Gasteiger partial charge in [-0.3, -0.25) is 4.79 Å². The summed E-state index contributed by atoms with van der Waals surface area (Å²) < 4.78 is 3.27. The quantitative estimate of drug-likeness (QED) is 0.310. The van der Waals surface area contributed by atoms with Gasteiger partial charge in [-0.05, 0) is 55.4 Å². The first-order valence-corrected chi connectivity index (χ1v) is 12.2. The molecule has 4 aromatic rings. The zero-order chi connectivity index (χ0) is 24.7. The van der Waals surface area contributed by atoms with E-state index in [4.69, 9.17) is 10.7 Å². The van der Waals surface area contributed by atoms with Crippen molar-refractivity contribution in [2.24, 2.45) is 12.0 Å². The van der Waals surface area contributed by atoms with Crippen molar-refractivity contribution in [2.45, 2.75) is 58.0 Å². The molecule has 2 atom stereocenters. The Bertz CT molecular complexity index is 1460. The number of para-hydroxylation sites is 1. The highest BCUT2D eigenvalue weighted by atomic mass is 16.1. The molecular formula is C27H33N7O. The maximum absolute atomic E-state index is 12.2. The van der Waals surface area contributed by atoms with Crippen LogP contribution in [0.2, 0.25) is 0 Å². The number of fused-ring (bicyclic) bond motifs is 3. The Labute approximate surface area is 204 Å². The number of nitrogen functional groups attached to an aromatic ring is 1. The largest absolute Gasteiger partial charge is 0.383 e. The van der Waals surface area contributed by atoms with Crippen molar-refractivity contribution < 1.29 is 0 Å². The number of nitrogens with one attached hydrogen (secondary N) is 2. The van der Waals surface area contributed by atoms with Gasteiger partial charge in [0.25, 0.3) is 5.56 Å². The van der Waals surface area contributed by atoms with E-state index < -0.39 is 0 Å². The highest BCUT2D eigenvalue weighted by Crippen LogP contribution is 2.30. The zero-order valence-corrected chi connectivity index (χ0v) is 20.7. The molecule has 0 saturated carbocycles. The fourth-order valence-corrected chi connectivity index (χ4v) is 4.88. The predicted molar refractivity (Wildman–Crippen MR) is 141 cm³/mol. The number of hydrogen-bond acceptors (Lipinski definition) is 4. The summed E-state index contributed by atoms with van der Waals surface area (Å²) in [6.45, 7) is 6.22. The summed E-state index contributed by atoms with van der Waals surface area (Å²) in [7, 11) is 1.75. The van der Waals surface area contributed by atoms with Crippen molar-refractivity contribution >= 4 is 22.7 Å². The van der Waals surface area contributed by atoms with E-state index in [0.717, 1.165) is 30.4 Å². The molecule has 0 spiro atoms. The Balaban J connectivity index is 1.50. The van der Waals surface area contributed by atoms with Crippen molar-refractivity contribution in [2.75, 3.05) is 5.73 Å². The van der Waals surface area contributed by atoms with Crippen LogP contribution in [-0.2, 0) is 19.9 Å². The van der Waals surface area contributed by atoms with Crippen LogP contribution in [0.5, 0.6) is 0 Å². The average Bonchev–Trinajstić information content (AvgIpc) is 3.40. The summed E-state index contributed by atoms with van der Waals surface area (Å²) in [6, 6.07) is 12.0. The van der Waals surface area contributed by atoms with Crippen molar-refractivity contribution in [1.29, 1.82) is 0 Å². The number of aromatic amines is 1. The number of benzene rings is 1. The second kappa shape index (κ2) is 9.09. The van der Waals surface area contributed by atoms with E-state index >= 15 is 0 Å². The molecule has 1 aliphatic rings. The number of rotatable bonds is 4. The van der Waals surface area contributed by atoms with Gasteiger partial charge >= 0.3 is 0 Å². The molecule has 3 aromatic heterocycles. The van der Waals surface area contributed by atoms with E-state index in [9.17, 15) is 4.79 Å². The Morgan fingerprint density at radius 3 is 2.80 bits per heavy atom. The Morgan fingerprint density at radius 1 is 1.26 bits per heavy atom. The molecule has 35 heavy (non-hydrogen) atoms. The maximum atomic E-state index is 12.2. The van der Waals surface area contributed by atoms with E-state index in [1.165, 1.54) is 22.2 Å². The fourth-order valence-electron chi connectivity index (χ4n) is 4.88. The highest BCUT2D eigenvalue weighted by molar-refractivity contribution is 5.86. The lowest BCUT2D eigenvalue weighted by Crippen LogP contribution is -2.36. The van der Waals surface area contributed by atoms with Crippen molar-refractivity contribution in [3.05, 3.63) is 81.5 Å². The fraction of sp³-hybridized carbons (Fsp3) is 0.370. The van der Waals surface area contributed by atoms with Gasteiger partial charge < -0.3 is 20.6 Å². The smallest absolute Gasteiger partial charge is 0.250 e. The lowest BCUT2D eigenvalue weighted by atomic mass is 9.92. The predicted octanol–water partition coefficient (Wildman–Crippen LogP) is 3.88. The third kappa shape index (κ3) is 4.36. The van der Waals surface area contributed by atoms with E-state index in [0.29, 0.717) is 11.8 Å². The molecule has 1 aromatic carbocycles. The first-order valence-electron chi connectivity index (χ1n) is 12.2. The Hall–Kier alpha value is -3.81. The van der Waals surface area contributed by atoms with E-state index in [-0.39, 0.29) is 23.6 Å². The van der Waals surface area contributed by atoms with Gasteiger partial charge in [0.05, 0.1) is 18.3 Å². The van der Waals surface area contributed by atoms with Crippen LogP contribution in [0.4, 0.5) is 5.82 Å². The second-order valence-corrected chi connectivity index (χ2v) is 9.80. The third-order valence-electron chi connectivity index (χ3n) is 7.01. The van der Waals surface area contributed by atoms with Crippen molar-refractivity contribution in [3.8, 4) is 0 Å². The summed E-state index contributed by atoms with van der Waals surface area (Å²) in [6.07, 6.45) is 6.33. The molecule has 0 amide bonds. The van der Waals surface area contributed by atoms with Crippen LogP contribution in [0.1, 0.15) is 61.5 Å². The lowest BCUT2D eigenvalue weighted by molar-refractivity contribution is 0.563. The monoisotopic (exact) mass is 471 g/mol. The molecule has 1 unspecified atom stereocenters. The number of anilines is 1. The van der Waals surface area contributed by atoms with E-state index in [1.807, 2.05) is 19.2 Å². The van der Waals surface area contributed by atoms with Crippen LogP contribution in [0.3, 0.4) is 0 Å². The molecule has 0 saturated heterocycles. The van der Waals surface area contributed by atoms with Gasteiger partial charge in [0, 0.05) is 41.5 Å². The van der Waals surface area contributed by atoms with Crippen LogP contribution in [0.25, 0.3) is 10.9 Å². The van der Waals surface area contributed by atoms with Gasteiger partial charge in [-0.25, -0.2) is 4.99 Å². The van der Waals surface area contributed by atoms with Crippen LogP contribution < -0.4 is 16.6 Å². The Morgan fingerprint density at radius 2 is 2.06 bits per heavy atom. The number of aliphatic imine (C=N–C) groups is 1.